The van der Waals surface area contributed by atoms with Gasteiger partial charge in [-0.15, -0.1) is 53.6 Å². The Balaban J connectivity index is 0.000000196. The fraction of sp³-hybridized carbons (Fsp3) is 0.205. The Morgan fingerprint density at radius 1 is 0.580 bits per heavy atom. The average molecular weight is 834 g/mol. The number of aromatic nitrogens is 3. The second-order valence-corrected chi connectivity index (χ2v) is 13.3. The summed E-state index contributed by atoms with van der Waals surface area (Å²) in [6.45, 7) is 13.2. The number of pyridine rings is 2. The number of rotatable bonds is 6. The van der Waals surface area contributed by atoms with Gasteiger partial charge in [0.15, 0.2) is 5.58 Å². The molecule has 6 heteroatoms. The zero-order valence-corrected chi connectivity index (χ0v) is 31.5. The first-order valence-corrected chi connectivity index (χ1v) is 16.9. The molecule has 253 valence electrons. The number of benzene rings is 4. The van der Waals surface area contributed by atoms with E-state index in [1.54, 1.807) is 0 Å². The number of oxazole rings is 1. The maximum Gasteiger partial charge on any atom is 0.227 e. The minimum atomic E-state index is 0. The molecule has 8 aromatic rings. The number of nitrogens with zero attached hydrogens (tertiary/aromatic N) is 3. The summed E-state index contributed by atoms with van der Waals surface area (Å²) in [6, 6.07) is 39.2. The quantitative estimate of drug-likeness (QED) is 0.156. The fourth-order valence-corrected chi connectivity index (χ4v) is 5.94. The average Bonchev–Trinajstić information content (AvgIpc) is 3.72. The monoisotopic (exact) mass is 834 g/mol. The van der Waals surface area contributed by atoms with E-state index in [1.807, 2.05) is 73.1 Å². The normalized spacial score (nSPS) is 11.4. The van der Waals surface area contributed by atoms with Crippen LogP contribution in [0.3, 0.4) is 0 Å². The van der Waals surface area contributed by atoms with Crippen LogP contribution in [0.25, 0.3) is 67.0 Å². The van der Waals surface area contributed by atoms with E-state index in [9.17, 15) is 0 Å². The number of hydrogen-bond acceptors (Lipinski definition) is 5. The summed E-state index contributed by atoms with van der Waals surface area (Å²) in [6.07, 6.45) is 3.74. The van der Waals surface area contributed by atoms with Gasteiger partial charge in [-0.05, 0) is 59.5 Å². The summed E-state index contributed by atoms with van der Waals surface area (Å²) < 4.78 is 12.3. The van der Waals surface area contributed by atoms with Crippen molar-refractivity contribution in [3.63, 3.8) is 0 Å². The van der Waals surface area contributed by atoms with Gasteiger partial charge in [0.1, 0.15) is 11.1 Å². The summed E-state index contributed by atoms with van der Waals surface area (Å²) in [7, 11) is 0. The molecule has 0 saturated heterocycles. The van der Waals surface area contributed by atoms with Gasteiger partial charge < -0.3 is 18.8 Å². The molecule has 1 radical (unpaired) electrons. The third-order valence-electron chi connectivity index (χ3n) is 8.89. The molecule has 50 heavy (non-hydrogen) atoms. The smallest absolute Gasteiger partial charge is 0.227 e. The number of hydrogen-bond donors (Lipinski definition) is 0. The van der Waals surface area contributed by atoms with E-state index in [1.165, 1.54) is 16.7 Å². The van der Waals surface area contributed by atoms with E-state index in [2.05, 4.69) is 100 Å². The van der Waals surface area contributed by atoms with Gasteiger partial charge in [-0.2, -0.15) is 0 Å². The molecular weight excluding hydrogens is 795 g/mol. The third kappa shape index (κ3) is 7.19. The van der Waals surface area contributed by atoms with Gasteiger partial charge in [-0.1, -0.05) is 94.0 Å². The number of furan rings is 1. The second kappa shape index (κ2) is 14.9. The molecule has 5 nitrogen and oxygen atoms in total. The Morgan fingerprint density at radius 2 is 1.22 bits per heavy atom. The molecule has 0 aliphatic rings. The second-order valence-electron chi connectivity index (χ2n) is 13.3. The molecular formula is C44H39IrN3O2-2. The summed E-state index contributed by atoms with van der Waals surface area (Å²) in [5.41, 5.74) is 11.7. The molecule has 4 aromatic heterocycles. The van der Waals surface area contributed by atoms with Crippen molar-refractivity contribution in [3.8, 4) is 34.0 Å². The van der Waals surface area contributed by atoms with Gasteiger partial charge >= 0.3 is 0 Å². The van der Waals surface area contributed by atoms with Crippen LogP contribution in [0.5, 0.6) is 0 Å². The van der Waals surface area contributed by atoms with Crippen LogP contribution in [-0.2, 0) is 20.1 Å². The SMILES string of the molecule is CC(C)c1cc[c-]c(-c2cc(C(C)C)ccn2)c1.CC(C)c1ccnc(-c2[c-]ccc3c2oc2cc4oc(-c5ccccc5)nc4cc23)c1.[Ir]. The van der Waals surface area contributed by atoms with Gasteiger partial charge in [0.25, 0.3) is 0 Å². The van der Waals surface area contributed by atoms with E-state index in [-0.39, 0.29) is 20.1 Å². The standard InChI is InChI=1S/C27H19N2O2.C17H20N.Ir/c1-16(2)18-11-12-28-22(13-18)20-10-6-9-19-21-14-23-25(15-24(21)30-26(19)20)31-27(29-23)17-7-4-3-5-8-17;1-12(2)14-6-5-7-16(10-14)17-11-15(13(3)4)8-9-18-17;/h3-9,11-16H,1-2H3;5-6,8-13H,1-4H3;/q2*-1;. The zero-order valence-electron chi connectivity index (χ0n) is 29.1. The van der Waals surface area contributed by atoms with Gasteiger partial charge in [-0.3, -0.25) is 0 Å². The Kier molecular flexibility index (Phi) is 10.4. The van der Waals surface area contributed by atoms with Crippen LogP contribution in [-0.4, -0.2) is 15.0 Å². The molecule has 0 spiro atoms. The molecule has 0 aliphatic heterocycles. The molecule has 4 heterocycles. The maximum absolute atomic E-state index is 6.30. The predicted octanol–water partition coefficient (Wildman–Crippen LogP) is 12.2. The number of fused-ring (bicyclic) bond motifs is 4. The van der Waals surface area contributed by atoms with Crippen molar-refractivity contribution in [2.75, 3.05) is 0 Å². The van der Waals surface area contributed by atoms with Gasteiger partial charge in [-0.25, -0.2) is 4.98 Å². The summed E-state index contributed by atoms with van der Waals surface area (Å²) in [5, 5.41) is 2.03. The van der Waals surface area contributed by atoms with Crippen LogP contribution in [0.1, 0.15) is 76.0 Å². The van der Waals surface area contributed by atoms with Crippen LogP contribution in [0, 0.1) is 12.1 Å². The Bertz CT molecular complexity index is 2340. The van der Waals surface area contributed by atoms with Crippen LogP contribution < -0.4 is 0 Å². The summed E-state index contributed by atoms with van der Waals surface area (Å²) in [4.78, 5) is 13.7. The van der Waals surface area contributed by atoms with E-state index in [0.29, 0.717) is 29.2 Å². The van der Waals surface area contributed by atoms with Crippen molar-refractivity contribution in [1.82, 2.24) is 15.0 Å². The molecule has 0 N–H and O–H groups in total. The molecule has 0 bridgehead atoms. The fourth-order valence-electron chi connectivity index (χ4n) is 5.94. The van der Waals surface area contributed by atoms with E-state index in [4.69, 9.17) is 13.8 Å². The van der Waals surface area contributed by atoms with Crippen molar-refractivity contribution < 1.29 is 28.9 Å². The zero-order chi connectivity index (χ0) is 34.1. The van der Waals surface area contributed by atoms with E-state index < -0.39 is 0 Å². The minimum absolute atomic E-state index is 0. The van der Waals surface area contributed by atoms with Crippen molar-refractivity contribution >= 4 is 33.0 Å². The maximum atomic E-state index is 6.30. The van der Waals surface area contributed by atoms with E-state index in [0.717, 1.165) is 55.5 Å². The first-order chi connectivity index (χ1) is 23.7. The molecule has 0 amide bonds. The van der Waals surface area contributed by atoms with Crippen molar-refractivity contribution in [2.24, 2.45) is 0 Å². The molecule has 8 rings (SSSR count). The van der Waals surface area contributed by atoms with Gasteiger partial charge in [0, 0.05) is 49.5 Å². The van der Waals surface area contributed by atoms with Crippen molar-refractivity contribution in [1.29, 1.82) is 0 Å². The molecule has 0 atom stereocenters. The predicted molar refractivity (Wildman–Crippen MR) is 200 cm³/mol. The van der Waals surface area contributed by atoms with Gasteiger partial charge in [0.05, 0.1) is 5.58 Å². The van der Waals surface area contributed by atoms with Gasteiger partial charge in [0.2, 0.25) is 5.89 Å². The Morgan fingerprint density at radius 3 is 1.92 bits per heavy atom. The van der Waals surface area contributed by atoms with Crippen molar-refractivity contribution in [3.05, 3.63) is 138 Å². The summed E-state index contributed by atoms with van der Waals surface area (Å²) in [5.74, 6) is 2.09. The Labute approximate surface area is 307 Å². The van der Waals surface area contributed by atoms with Crippen LogP contribution in [0.2, 0.25) is 0 Å². The summed E-state index contributed by atoms with van der Waals surface area (Å²) >= 11 is 0. The molecule has 0 aliphatic carbocycles. The first-order valence-electron chi connectivity index (χ1n) is 16.9. The van der Waals surface area contributed by atoms with Crippen LogP contribution in [0.15, 0.2) is 118 Å². The Hall–Kier alpha value is -4.90. The third-order valence-corrected chi connectivity index (χ3v) is 8.89. The van der Waals surface area contributed by atoms with E-state index >= 15 is 0 Å². The van der Waals surface area contributed by atoms with Crippen LogP contribution >= 0.6 is 0 Å². The molecule has 4 aromatic carbocycles. The minimum Gasteiger partial charge on any atom is -0.500 e. The van der Waals surface area contributed by atoms with Crippen LogP contribution in [0.4, 0.5) is 0 Å². The largest absolute Gasteiger partial charge is 0.500 e. The van der Waals surface area contributed by atoms with Crippen molar-refractivity contribution in [2.45, 2.75) is 59.3 Å². The molecule has 0 fully saturated rings. The topological polar surface area (TPSA) is 65.0 Å². The molecule has 0 saturated carbocycles. The first kappa shape index (κ1) is 34.9. The molecule has 0 unspecified atom stereocenters.